The number of hydrogen-bond donors (Lipinski definition) is 0. The Morgan fingerprint density at radius 2 is 0.914 bits per heavy atom. The molecule has 0 aliphatic carbocycles. The van der Waals surface area contributed by atoms with Crippen molar-refractivity contribution >= 4 is 60.2 Å². The minimum Gasteiger partial charge on any atom is -0.278 e. The highest BCUT2D eigenvalue weighted by Gasteiger charge is 2.23. The van der Waals surface area contributed by atoms with Gasteiger partial charge in [-0.15, -0.1) is 0 Å². The van der Waals surface area contributed by atoms with Gasteiger partial charge in [0.25, 0.3) is 0 Å². The Hall–Kier alpha value is -7.89. The number of para-hydroxylation sites is 4. The highest BCUT2D eigenvalue weighted by atomic mass is 15.2. The van der Waals surface area contributed by atoms with Gasteiger partial charge in [0.15, 0.2) is 0 Å². The average molecular weight is 740 g/mol. The van der Waals surface area contributed by atoms with E-state index in [4.69, 9.17) is 15.0 Å². The summed E-state index contributed by atoms with van der Waals surface area (Å²) in [4.78, 5) is 15.9. The molecule has 0 aliphatic rings. The second kappa shape index (κ2) is 12.8. The molecule has 0 N–H and O–H groups in total. The summed E-state index contributed by atoms with van der Waals surface area (Å²) in [7, 11) is 0. The van der Waals surface area contributed by atoms with Crippen LogP contribution >= 0.6 is 0 Å². The van der Waals surface area contributed by atoms with E-state index in [2.05, 4.69) is 197 Å². The standard InChI is InChI=1S/C53H33N5/c1-3-16-34(17-4-1)38-31-47(35-18-5-2-6-19-35)54-48(32-38)37-21-15-20-36(30-37)43-33-44-40-23-10-13-28-49(40)57(51(44)41-24-8-7-22-39(41)43)53-56-45-26-11-9-25-42(45)52-55-46-27-12-14-29-50(46)58(52)53/h1-33H. The van der Waals surface area contributed by atoms with Crippen LogP contribution in [0.3, 0.4) is 0 Å². The minimum absolute atomic E-state index is 0.812. The third-order valence-electron chi connectivity index (χ3n) is 11.5. The van der Waals surface area contributed by atoms with Gasteiger partial charge in [-0.05, 0) is 82.2 Å². The number of imidazole rings is 1. The van der Waals surface area contributed by atoms with Crippen molar-refractivity contribution in [2.24, 2.45) is 0 Å². The summed E-state index contributed by atoms with van der Waals surface area (Å²) in [5.41, 5.74) is 14.6. The molecular formula is C53H33N5. The third-order valence-corrected chi connectivity index (χ3v) is 11.5. The zero-order valence-corrected chi connectivity index (χ0v) is 31.3. The number of benzene rings is 8. The lowest BCUT2D eigenvalue weighted by atomic mass is 9.93. The summed E-state index contributed by atoms with van der Waals surface area (Å²) >= 11 is 0. The van der Waals surface area contributed by atoms with Crippen LogP contribution in [0.4, 0.5) is 0 Å². The monoisotopic (exact) mass is 739 g/mol. The Labute approximate surface area is 333 Å². The van der Waals surface area contributed by atoms with Crippen molar-refractivity contribution < 1.29 is 0 Å². The minimum atomic E-state index is 0.812. The summed E-state index contributed by atoms with van der Waals surface area (Å²) < 4.78 is 4.58. The molecule has 4 heterocycles. The molecule has 12 rings (SSSR count). The molecule has 0 bridgehead atoms. The zero-order chi connectivity index (χ0) is 38.2. The lowest BCUT2D eigenvalue weighted by Crippen LogP contribution is -2.06. The normalized spacial score (nSPS) is 11.8. The van der Waals surface area contributed by atoms with E-state index in [0.717, 1.165) is 99.9 Å². The SMILES string of the molecule is c1ccc(-c2cc(-c3ccccc3)nc(-c3cccc(-c4cc5c6ccccc6n(-c6nc7ccccc7c7nc8ccccc8n67)c5c5ccccc45)c3)c2)cc1. The van der Waals surface area contributed by atoms with Crippen LogP contribution in [0.5, 0.6) is 0 Å². The van der Waals surface area contributed by atoms with Gasteiger partial charge in [-0.1, -0.05) is 146 Å². The smallest absolute Gasteiger partial charge is 0.221 e. The number of hydrogen-bond acceptors (Lipinski definition) is 3. The van der Waals surface area contributed by atoms with Crippen LogP contribution in [-0.2, 0) is 0 Å². The maximum Gasteiger partial charge on any atom is 0.221 e. The predicted octanol–water partition coefficient (Wildman–Crippen LogP) is 13.3. The van der Waals surface area contributed by atoms with Crippen LogP contribution in [-0.4, -0.2) is 23.9 Å². The molecule has 4 aromatic heterocycles. The Morgan fingerprint density at radius 3 is 1.71 bits per heavy atom. The second-order valence-corrected chi connectivity index (χ2v) is 14.8. The Kier molecular flexibility index (Phi) is 7.16. The molecule has 12 aromatic rings. The maximum atomic E-state index is 5.44. The molecule has 0 radical (unpaired) electrons. The van der Waals surface area contributed by atoms with Crippen molar-refractivity contribution in [1.29, 1.82) is 0 Å². The Morgan fingerprint density at radius 1 is 0.328 bits per heavy atom. The molecule has 0 spiro atoms. The Balaban J connectivity index is 1.12. The quantitative estimate of drug-likeness (QED) is 0.177. The van der Waals surface area contributed by atoms with Gasteiger partial charge in [-0.25, -0.2) is 15.0 Å². The van der Waals surface area contributed by atoms with Crippen LogP contribution < -0.4 is 0 Å². The van der Waals surface area contributed by atoms with Crippen molar-refractivity contribution in [2.75, 3.05) is 0 Å². The molecule has 8 aromatic carbocycles. The highest BCUT2D eigenvalue weighted by Crippen LogP contribution is 2.42. The summed E-state index contributed by atoms with van der Waals surface area (Å²) in [5, 5.41) is 5.67. The topological polar surface area (TPSA) is 48.0 Å². The molecule has 5 nitrogen and oxygen atoms in total. The van der Waals surface area contributed by atoms with Crippen molar-refractivity contribution in [1.82, 2.24) is 23.9 Å². The molecule has 0 fully saturated rings. The number of aromatic nitrogens is 5. The fourth-order valence-electron chi connectivity index (χ4n) is 8.83. The number of rotatable bonds is 5. The molecule has 5 heteroatoms. The molecule has 0 amide bonds. The average Bonchev–Trinajstić information content (AvgIpc) is 3.86. The van der Waals surface area contributed by atoms with E-state index >= 15 is 0 Å². The van der Waals surface area contributed by atoms with E-state index < -0.39 is 0 Å². The summed E-state index contributed by atoms with van der Waals surface area (Å²) in [5.74, 6) is 0.812. The molecule has 0 aliphatic heterocycles. The first-order valence-corrected chi connectivity index (χ1v) is 19.6. The van der Waals surface area contributed by atoms with E-state index in [0.29, 0.717) is 0 Å². The zero-order valence-electron chi connectivity index (χ0n) is 31.3. The third kappa shape index (κ3) is 5.00. The van der Waals surface area contributed by atoms with E-state index in [9.17, 15) is 0 Å². The molecule has 0 unspecified atom stereocenters. The second-order valence-electron chi connectivity index (χ2n) is 14.8. The lowest BCUT2D eigenvalue weighted by molar-refractivity contribution is 0.982. The molecule has 270 valence electrons. The van der Waals surface area contributed by atoms with Gasteiger partial charge in [0, 0.05) is 32.7 Å². The highest BCUT2D eigenvalue weighted by molar-refractivity contribution is 6.22. The Bertz CT molecular complexity index is 3510. The predicted molar refractivity (Wildman–Crippen MR) is 239 cm³/mol. The first-order chi connectivity index (χ1) is 28.8. The van der Waals surface area contributed by atoms with Crippen LogP contribution in [0.2, 0.25) is 0 Å². The van der Waals surface area contributed by atoms with Gasteiger partial charge in [-0.2, -0.15) is 0 Å². The molecule has 0 saturated heterocycles. The van der Waals surface area contributed by atoms with Crippen molar-refractivity contribution in [3.8, 4) is 50.7 Å². The van der Waals surface area contributed by atoms with E-state index in [1.807, 2.05) is 12.1 Å². The summed E-state index contributed by atoms with van der Waals surface area (Å²) in [6.07, 6.45) is 0. The lowest BCUT2D eigenvalue weighted by Gasteiger charge is -2.15. The molecular weight excluding hydrogens is 707 g/mol. The van der Waals surface area contributed by atoms with Gasteiger partial charge in [0.1, 0.15) is 5.65 Å². The van der Waals surface area contributed by atoms with Gasteiger partial charge >= 0.3 is 0 Å². The maximum absolute atomic E-state index is 5.44. The summed E-state index contributed by atoms with van der Waals surface area (Å²) in [6.45, 7) is 0. The number of nitrogens with zero attached hydrogens (tertiary/aromatic N) is 5. The number of fused-ring (bicyclic) bond motifs is 10. The van der Waals surface area contributed by atoms with E-state index in [-0.39, 0.29) is 0 Å². The van der Waals surface area contributed by atoms with Crippen molar-refractivity contribution in [3.63, 3.8) is 0 Å². The van der Waals surface area contributed by atoms with Gasteiger partial charge in [0.2, 0.25) is 5.95 Å². The van der Waals surface area contributed by atoms with Crippen LogP contribution in [0, 0.1) is 0 Å². The fraction of sp³-hybridized carbons (Fsp3) is 0. The largest absolute Gasteiger partial charge is 0.278 e. The fourth-order valence-corrected chi connectivity index (χ4v) is 8.83. The van der Waals surface area contributed by atoms with Crippen molar-refractivity contribution in [3.05, 3.63) is 200 Å². The first-order valence-electron chi connectivity index (χ1n) is 19.6. The summed E-state index contributed by atoms with van der Waals surface area (Å²) in [6, 6.07) is 70.8. The molecule has 0 saturated carbocycles. The molecule has 58 heavy (non-hydrogen) atoms. The van der Waals surface area contributed by atoms with Gasteiger partial charge in [-0.3, -0.25) is 8.97 Å². The van der Waals surface area contributed by atoms with Crippen LogP contribution in [0.25, 0.3) is 111 Å². The van der Waals surface area contributed by atoms with Gasteiger partial charge < -0.3 is 0 Å². The van der Waals surface area contributed by atoms with E-state index in [1.165, 1.54) is 10.9 Å². The number of pyridine rings is 1. The van der Waals surface area contributed by atoms with Crippen LogP contribution in [0.15, 0.2) is 200 Å². The van der Waals surface area contributed by atoms with E-state index in [1.54, 1.807) is 0 Å². The van der Waals surface area contributed by atoms with Crippen LogP contribution in [0.1, 0.15) is 0 Å². The molecule has 0 atom stereocenters. The van der Waals surface area contributed by atoms with Crippen molar-refractivity contribution in [2.45, 2.75) is 0 Å². The first kappa shape index (κ1) is 32.4. The van der Waals surface area contributed by atoms with Gasteiger partial charge in [0.05, 0.1) is 39.0 Å².